The highest BCUT2D eigenvalue weighted by atomic mass is 15.2. The summed E-state index contributed by atoms with van der Waals surface area (Å²) >= 11 is 0. The average molecular weight is 407 g/mol. The molecule has 0 aromatic heterocycles. The first-order valence-electron chi connectivity index (χ1n) is 10.9. The number of nitrogens with zero attached hydrogens (tertiary/aromatic N) is 1. The quantitative estimate of drug-likeness (QED) is 0.234. The van der Waals surface area contributed by atoms with Crippen LogP contribution < -0.4 is 4.90 Å². The molecule has 0 fully saturated rings. The van der Waals surface area contributed by atoms with Gasteiger partial charge in [0.05, 0.1) is 0 Å². The van der Waals surface area contributed by atoms with Gasteiger partial charge in [0, 0.05) is 22.3 Å². The monoisotopic (exact) mass is 406 g/mol. The smallest absolute Gasteiger partial charge is 0.246 e. The molecule has 2 nitrogen and oxygen atoms in total. The van der Waals surface area contributed by atoms with Crippen LogP contribution >= 0.6 is 0 Å². The summed E-state index contributed by atoms with van der Waals surface area (Å²) in [5.41, 5.74) is 5.36. The van der Waals surface area contributed by atoms with Crippen LogP contribution in [0.4, 0.5) is 0 Å². The maximum absolute atomic E-state index is 2.45. The van der Waals surface area contributed by atoms with E-state index in [4.69, 9.17) is 0 Å². The second-order valence-corrected chi connectivity index (χ2v) is 7.99. The van der Waals surface area contributed by atoms with Crippen LogP contribution in [0.5, 0.6) is 0 Å². The number of nitrogens with one attached hydrogen (secondary N) is 1. The first-order valence-corrected chi connectivity index (χ1v) is 10.9. The summed E-state index contributed by atoms with van der Waals surface area (Å²) in [6, 6.07) is 43.0. The first kappa shape index (κ1) is 20.8. The predicted molar refractivity (Wildman–Crippen MR) is 128 cm³/mol. The van der Waals surface area contributed by atoms with Gasteiger partial charge in [-0.1, -0.05) is 121 Å². The highest BCUT2D eigenvalue weighted by Crippen LogP contribution is 2.06. The maximum Gasteiger partial charge on any atom is 0.326 e. The molecular weight excluding hydrogens is 376 g/mol. The van der Waals surface area contributed by atoms with E-state index in [2.05, 4.69) is 132 Å². The lowest BCUT2D eigenvalue weighted by molar-refractivity contribution is -0.854. The molecule has 0 atom stereocenters. The zero-order valence-corrected chi connectivity index (χ0v) is 17.9. The fraction of sp³-hybridized carbons (Fsp3) is 0.138. The fourth-order valence-electron chi connectivity index (χ4n) is 3.91. The SMILES string of the molecule is C(=[N+](Cc1ccccc1)Cc1ccccc1)[NH+](Cc1ccccc1)Cc1ccccc1. The van der Waals surface area contributed by atoms with Crippen molar-refractivity contribution in [1.29, 1.82) is 0 Å². The van der Waals surface area contributed by atoms with Crippen LogP contribution in [0.3, 0.4) is 0 Å². The summed E-state index contributed by atoms with van der Waals surface area (Å²) in [4.78, 5) is 1.42. The van der Waals surface area contributed by atoms with Gasteiger partial charge in [0.2, 0.25) is 0 Å². The lowest BCUT2D eigenvalue weighted by Crippen LogP contribution is -3.09. The molecule has 4 aromatic carbocycles. The Morgan fingerprint density at radius 3 is 1.13 bits per heavy atom. The predicted octanol–water partition coefficient (Wildman–Crippen LogP) is 4.71. The van der Waals surface area contributed by atoms with E-state index in [1.165, 1.54) is 27.2 Å². The van der Waals surface area contributed by atoms with Crippen LogP contribution in [-0.4, -0.2) is 10.9 Å². The van der Waals surface area contributed by atoms with Gasteiger partial charge in [-0.2, -0.15) is 4.58 Å². The Morgan fingerprint density at radius 2 is 0.774 bits per heavy atom. The van der Waals surface area contributed by atoms with Crippen molar-refractivity contribution in [1.82, 2.24) is 0 Å². The number of hydrogen-bond acceptors (Lipinski definition) is 0. The van der Waals surface area contributed by atoms with Gasteiger partial charge in [-0.25, -0.2) is 4.90 Å². The van der Waals surface area contributed by atoms with Gasteiger partial charge in [-0.15, -0.1) is 0 Å². The van der Waals surface area contributed by atoms with Crippen LogP contribution in [0.2, 0.25) is 0 Å². The summed E-state index contributed by atoms with van der Waals surface area (Å²) in [5.74, 6) is 0. The largest absolute Gasteiger partial charge is 0.326 e. The standard InChI is InChI=1S/C29H29N2/c1-5-13-26(14-6-1)21-30(22-27-15-7-2-8-16-27)25-31(23-28-17-9-3-10-18-28)24-29-19-11-4-12-20-29/h1-20,25H,21-24H2/q+1/p+1. The third-order valence-electron chi connectivity index (χ3n) is 5.37. The molecule has 31 heavy (non-hydrogen) atoms. The minimum Gasteiger partial charge on any atom is -0.246 e. The summed E-state index contributed by atoms with van der Waals surface area (Å²) < 4.78 is 2.45. The molecule has 0 saturated heterocycles. The molecule has 1 N–H and O–H groups in total. The molecule has 4 rings (SSSR count). The molecule has 0 aliphatic heterocycles. The summed E-state index contributed by atoms with van der Waals surface area (Å²) in [6.07, 6.45) is 2.39. The van der Waals surface area contributed by atoms with Gasteiger partial charge >= 0.3 is 6.34 Å². The van der Waals surface area contributed by atoms with Crippen molar-refractivity contribution >= 4 is 6.34 Å². The van der Waals surface area contributed by atoms with E-state index < -0.39 is 0 Å². The van der Waals surface area contributed by atoms with E-state index in [-0.39, 0.29) is 0 Å². The number of rotatable bonds is 9. The normalized spacial score (nSPS) is 10.7. The third-order valence-corrected chi connectivity index (χ3v) is 5.37. The minimum absolute atomic E-state index is 0.892. The molecule has 0 radical (unpaired) electrons. The molecule has 0 aliphatic rings. The van der Waals surface area contributed by atoms with Gasteiger partial charge in [0.15, 0.2) is 13.1 Å². The van der Waals surface area contributed by atoms with Gasteiger partial charge in [0.1, 0.15) is 13.1 Å². The lowest BCUT2D eigenvalue weighted by Gasteiger charge is -2.14. The Hall–Kier alpha value is -3.49. The van der Waals surface area contributed by atoms with Crippen LogP contribution in [0, 0.1) is 0 Å². The van der Waals surface area contributed by atoms with Gasteiger partial charge in [-0.05, 0) is 0 Å². The molecule has 0 spiro atoms. The van der Waals surface area contributed by atoms with E-state index in [0.29, 0.717) is 0 Å². The van der Waals surface area contributed by atoms with Crippen molar-refractivity contribution in [3.05, 3.63) is 144 Å². The molecule has 0 unspecified atom stereocenters. The Kier molecular flexibility index (Phi) is 7.40. The van der Waals surface area contributed by atoms with E-state index in [0.717, 1.165) is 26.2 Å². The average Bonchev–Trinajstić information content (AvgIpc) is 2.82. The molecular formula is C29H30N2+2. The van der Waals surface area contributed by atoms with Crippen molar-refractivity contribution < 1.29 is 9.48 Å². The molecule has 0 heterocycles. The Labute approximate surface area is 185 Å². The van der Waals surface area contributed by atoms with Crippen molar-refractivity contribution in [2.75, 3.05) is 0 Å². The second-order valence-electron chi connectivity index (χ2n) is 7.99. The minimum atomic E-state index is 0.892. The molecule has 0 amide bonds. The van der Waals surface area contributed by atoms with Crippen molar-refractivity contribution in [3.63, 3.8) is 0 Å². The van der Waals surface area contributed by atoms with Crippen LogP contribution in [0.25, 0.3) is 0 Å². The zero-order chi connectivity index (χ0) is 21.1. The molecule has 0 saturated carbocycles. The Balaban J connectivity index is 1.63. The van der Waals surface area contributed by atoms with Crippen LogP contribution in [0.15, 0.2) is 121 Å². The molecule has 2 heteroatoms. The van der Waals surface area contributed by atoms with E-state index in [9.17, 15) is 0 Å². The molecule has 0 bridgehead atoms. The Bertz CT molecular complexity index is 974. The van der Waals surface area contributed by atoms with E-state index in [1.807, 2.05) is 0 Å². The van der Waals surface area contributed by atoms with Crippen molar-refractivity contribution in [2.24, 2.45) is 0 Å². The highest BCUT2D eigenvalue weighted by molar-refractivity contribution is 5.37. The molecule has 0 aliphatic carbocycles. The third kappa shape index (κ3) is 6.77. The van der Waals surface area contributed by atoms with Crippen LogP contribution in [0.1, 0.15) is 22.3 Å². The topological polar surface area (TPSA) is 7.45 Å². The fourth-order valence-corrected chi connectivity index (χ4v) is 3.91. The zero-order valence-electron chi connectivity index (χ0n) is 17.9. The molecule has 154 valence electrons. The summed E-state index contributed by atoms with van der Waals surface area (Å²) in [5, 5.41) is 0. The maximum atomic E-state index is 2.45. The van der Waals surface area contributed by atoms with Crippen molar-refractivity contribution in [3.8, 4) is 0 Å². The Morgan fingerprint density at radius 1 is 0.452 bits per heavy atom. The number of benzene rings is 4. The highest BCUT2D eigenvalue weighted by Gasteiger charge is 2.16. The van der Waals surface area contributed by atoms with Crippen LogP contribution in [-0.2, 0) is 26.2 Å². The number of hydrogen-bond donors (Lipinski definition) is 1. The molecule has 4 aromatic rings. The van der Waals surface area contributed by atoms with Gasteiger partial charge in [-0.3, -0.25) is 0 Å². The lowest BCUT2D eigenvalue weighted by atomic mass is 10.1. The van der Waals surface area contributed by atoms with E-state index in [1.54, 1.807) is 0 Å². The first-order chi connectivity index (χ1) is 15.3. The van der Waals surface area contributed by atoms with Crippen molar-refractivity contribution in [2.45, 2.75) is 26.2 Å². The van der Waals surface area contributed by atoms with Gasteiger partial charge < -0.3 is 0 Å². The number of quaternary nitrogens is 1. The van der Waals surface area contributed by atoms with E-state index >= 15 is 0 Å². The summed E-state index contributed by atoms with van der Waals surface area (Å²) in [7, 11) is 0. The summed E-state index contributed by atoms with van der Waals surface area (Å²) in [6.45, 7) is 3.69. The second kappa shape index (κ2) is 11.1. The van der Waals surface area contributed by atoms with Gasteiger partial charge in [0.25, 0.3) is 0 Å².